The second kappa shape index (κ2) is 6.64. The molecule has 4 nitrogen and oxygen atoms in total. The van der Waals surface area contributed by atoms with Crippen molar-refractivity contribution in [3.8, 4) is 17.4 Å². The van der Waals surface area contributed by atoms with Gasteiger partial charge in [0.2, 0.25) is 5.88 Å². The molecule has 0 unspecified atom stereocenters. The number of nitrogens with one attached hydrogen (secondary N) is 1. The Morgan fingerprint density at radius 1 is 1.05 bits per heavy atom. The highest BCUT2D eigenvalue weighted by atomic mass is 16.5. The van der Waals surface area contributed by atoms with Crippen LogP contribution in [0.3, 0.4) is 0 Å². The molecule has 0 atom stereocenters. The fourth-order valence-corrected chi connectivity index (χ4v) is 1.59. The average Bonchev–Trinajstić information content (AvgIpc) is 2.46. The van der Waals surface area contributed by atoms with Crippen molar-refractivity contribution < 1.29 is 9.47 Å². The molecule has 2 aromatic rings. The van der Waals surface area contributed by atoms with Crippen molar-refractivity contribution in [2.75, 3.05) is 19.0 Å². The zero-order valence-corrected chi connectivity index (χ0v) is 11.2. The molecule has 0 saturated carbocycles. The zero-order valence-electron chi connectivity index (χ0n) is 11.2. The van der Waals surface area contributed by atoms with Crippen LogP contribution >= 0.6 is 0 Å². The molecule has 1 aromatic heterocycles. The number of hydrogen-bond donors (Lipinski definition) is 1. The van der Waals surface area contributed by atoms with E-state index < -0.39 is 0 Å². The number of benzene rings is 1. The summed E-state index contributed by atoms with van der Waals surface area (Å²) in [6.45, 7) is 3.02. The number of nitrogens with zero attached hydrogens (tertiary/aromatic N) is 1. The molecule has 0 amide bonds. The van der Waals surface area contributed by atoms with Gasteiger partial charge in [0.25, 0.3) is 0 Å². The topological polar surface area (TPSA) is 43.4 Å². The summed E-state index contributed by atoms with van der Waals surface area (Å²) >= 11 is 0. The Kier molecular flexibility index (Phi) is 4.61. The molecular formula is C15H18N2O2. The number of hydrogen-bond acceptors (Lipinski definition) is 4. The molecular weight excluding hydrogens is 240 g/mol. The van der Waals surface area contributed by atoms with E-state index in [1.54, 1.807) is 7.11 Å². The summed E-state index contributed by atoms with van der Waals surface area (Å²) in [7, 11) is 1.64. The van der Waals surface area contributed by atoms with Gasteiger partial charge in [-0.05, 0) is 36.8 Å². The molecule has 0 aliphatic rings. The Labute approximate surface area is 113 Å². The van der Waals surface area contributed by atoms with Gasteiger partial charge in [0.05, 0.1) is 7.11 Å². The molecule has 4 heteroatoms. The van der Waals surface area contributed by atoms with E-state index >= 15 is 0 Å². The number of aromatic nitrogens is 1. The lowest BCUT2D eigenvalue weighted by atomic mass is 10.3. The summed E-state index contributed by atoms with van der Waals surface area (Å²) in [5.74, 6) is 2.94. The van der Waals surface area contributed by atoms with Crippen LogP contribution in [0.25, 0.3) is 0 Å². The third-order valence-electron chi connectivity index (χ3n) is 2.56. The molecule has 0 spiro atoms. The maximum absolute atomic E-state index is 5.69. The molecule has 100 valence electrons. The summed E-state index contributed by atoms with van der Waals surface area (Å²) in [6.07, 6.45) is 1.06. The van der Waals surface area contributed by atoms with Crippen LogP contribution in [0.2, 0.25) is 0 Å². The normalized spacial score (nSPS) is 10.0. The molecule has 0 aliphatic carbocycles. The Hall–Kier alpha value is -2.23. The third-order valence-corrected chi connectivity index (χ3v) is 2.56. The minimum Gasteiger partial charge on any atom is -0.497 e. The second-order valence-corrected chi connectivity index (χ2v) is 4.07. The standard InChI is InChI=1S/C15H18N2O2/c1-3-11-16-14-5-4-6-15(17-14)19-13-9-7-12(18-2)8-10-13/h4-10H,3,11H2,1-2H3,(H,16,17). The minimum absolute atomic E-state index is 0.575. The van der Waals surface area contributed by atoms with Gasteiger partial charge in [-0.2, -0.15) is 4.98 Å². The van der Waals surface area contributed by atoms with E-state index in [4.69, 9.17) is 9.47 Å². The van der Waals surface area contributed by atoms with Crippen LogP contribution in [0, 0.1) is 0 Å². The van der Waals surface area contributed by atoms with Gasteiger partial charge in [-0.1, -0.05) is 13.0 Å². The number of anilines is 1. The number of ether oxygens (including phenoxy) is 2. The summed E-state index contributed by atoms with van der Waals surface area (Å²) in [5.41, 5.74) is 0. The maximum atomic E-state index is 5.69. The molecule has 2 rings (SSSR count). The smallest absolute Gasteiger partial charge is 0.221 e. The van der Waals surface area contributed by atoms with E-state index in [-0.39, 0.29) is 0 Å². The molecule has 0 saturated heterocycles. The Bertz CT molecular complexity index is 512. The van der Waals surface area contributed by atoms with Crippen molar-refractivity contribution in [3.63, 3.8) is 0 Å². The predicted molar refractivity (Wildman–Crippen MR) is 76.1 cm³/mol. The molecule has 0 radical (unpaired) electrons. The fraction of sp³-hybridized carbons (Fsp3) is 0.267. The van der Waals surface area contributed by atoms with E-state index in [1.807, 2.05) is 42.5 Å². The van der Waals surface area contributed by atoms with Gasteiger partial charge in [0.1, 0.15) is 17.3 Å². The van der Waals surface area contributed by atoms with Gasteiger partial charge in [0, 0.05) is 12.6 Å². The van der Waals surface area contributed by atoms with E-state index in [2.05, 4.69) is 17.2 Å². The lowest BCUT2D eigenvalue weighted by Crippen LogP contribution is -2.02. The Morgan fingerprint density at radius 3 is 2.47 bits per heavy atom. The molecule has 1 aromatic carbocycles. The molecule has 19 heavy (non-hydrogen) atoms. The van der Waals surface area contributed by atoms with Crippen molar-refractivity contribution in [1.82, 2.24) is 4.98 Å². The lowest BCUT2D eigenvalue weighted by molar-refractivity contribution is 0.412. The summed E-state index contributed by atoms with van der Waals surface area (Å²) < 4.78 is 10.8. The Balaban J connectivity index is 2.05. The number of pyridine rings is 1. The summed E-state index contributed by atoms with van der Waals surface area (Å²) in [6, 6.07) is 13.1. The fourth-order valence-electron chi connectivity index (χ4n) is 1.59. The van der Waals surface area contributed by atoms with Gasteiger partial charge < -0.3 is 14.8 Å². The molecule has 0 fully saturated rings. The number of methoxy groups -OCH3 is 1. The predicted octanol–water partition coefficient (Wildman–Crippen LogP) is 3.70. The first-order valence-corrected chi connectivity index (χ1v) is 6.34. The highest BCUT2D eigenvalue weighted by Gasteiger charge is 2.00. The first kappa shape index (κ1) is 13.2. The zero-order chi connectivity index (χ0) is 13.5. The van der Waals surface area contributed by atoms with Crippen molar-refractivity contribution in [2.45, 2.75) is 13.3 Å². The van der Waals surface area contributed by atoms with Crippen molar-refractivity contribution >= 4 is 5.82 Å². The summed E-state index contributed by atoms with van der Waals surface area (Å²) in [5, 5.41) is 3.23. The highest BCUT2D eigenvalue weighted by Crippen LogP contribution is 2.23. The Morgan fingerprint density at radius 2 is 1.79 bits per heavy atom. The largest absolute Gasteiger partial charge is 0.497 e. The van der Waals surface area contributed by atoms with Crippen LogP contribution in [0.15, 0.2) is 42.5 Å². The SMILES string of the molecule is CCCNc1cccc(Oc2ccc(OC)cc2)n1. The van der Waals surface area contributed by atoms with Crippen molar-refractivity contribution in [3.05, 3.63) is 42.5 Å². The maximum Gasteiger partial charge on any atom is 0.221 e. The van der Waals surface area contributed by atoms with Crippen LogP contribution in [-0.4, -0.2) is 18.6 Å². The lowest BCUT2D eigenvalue weighted by Gasteiger charge is -2.08. The molecule has 1 heterocycles. The third kappa shape index (κ3) is 3.88. The van der Waals surface area contributed by atoms with Crippen LogP contribution in [0.5, 0.6) is 17.4 Å². The van der Waals surface area contributed by atoms with Crippen molar-refractivity contribution in [2.24, 2.45) is 0 Å². The van der Waals surface area contributed by atoms with Gasteiger partial charge in [-0.25, -0.2) is 0 Å². The van der Waals surface area contributed by atoms with E-state index in [9.17, 15) is 0 Å². The molecule has 0 aliphatic heterocycles. The van der Waals surface area contributed by atoms with E-state index in [0.717, 1.165) is 30.3 Å². The van der Waals surface area contributed by atoms with Crippen LogP contribution in [0.4, 0.5) is 5.82 Å². The highest BCUT2D eigenvalue weighted by molar-refractivity contribution is 5.39. The molecule has 0 bridgehead atoms. The first-order valence-electron chi connectivity index (χ1n) is 6.34. The van der Waals surface area contributed by atoms with Crippen LogP contribution < -0.4 is 14.8 Å². The minimum atomic E-state index is 0.575. The first-order chi connectivity index (χ1) is 9.31. The van der Waals surface area contributed by atoms with Gasteiger partial charge in [-0.15, -0.1) is 0 Å². The van der Waals surface area contributed by atoms with E-state index in [1.165, 1.54) is 0 Å². The van der Waals surface area contributed by atoms with E-state index in [0.29, 0.717) is 5.88 Å². The summed E-state index contributed by atoms with van der Waals surface area (Å²) in [4.78, 5) is 4.38. The molecule has 1 N–H and O–H groups in total. The van der Waals surface area contributed by atoms with Crippen LogP contribution in [-0.2, 0) is 0 Å². The van der Waals surface area contributed by atoms with Gasteiger partial charge in [0.15, 0.2) is 0 Å². The monoisotopic (exact) mass is 258 g/mol. The second-order valence-electron chi connectivity index (χ2n) is 4.07. The van der Waals surface area contributed by atoms with Crippen molar-refractivity contribution in [1.29, 1.82) is 0 Å². The number of rotatable bonds is 6. The van der Waals surface area contributed by atoms with Gasteiger partial charge in [-0.3, -0.25) is 0 Å². The average molecular weight is 258 g/mol. The van der Waals surface area contributed by atoms with Crippen LogP contribution in [0.1, 0.15) is 13.3 Å². The van der Waals surface area contributed by atoms with Gasteiger partial charge >= 0.3 is 0 Å². The quantitative estimate of drug-likeness (QED) is 0.857.